The molecule has 0 radical (unpaired) electrons. The molecule has 0 fully saturated rings. The van der Waals surface area contributed by atoms with Crippen LogP contribution in [0.5, 0.6) is 5.75 Å². The van der Waals surface area contributed by atoms with Crippen LogP contribution in [-0.4, -0.2) is 21.9 Å². The molecule has 6 nitrogen and oxygen atoms in total. The molecule has 3 N–H and O–H groups in total. The predicted octanol–water partition coefficient (Wildman–Crippen LogP) is 2.45. The van der Waals surface area contributed by atoms with Crippen LogP contribution in [0.1, 0.15) is 31.8 Å². The monoisotopic (exact) mass is 347 g/mol. The molecule has 1 aromatic heterocycles. The summed E-state index contributed by atoms with van der Waals surface area (Å²) in [5.74, 6) is -1.25. The van der Waals surface area contributed by atoms with Crippen molar-refractivity contribution in [3.63, 3.8) is 0 Å². The third-order valence-corrected chi connectivity index (χ3v) is 3.77. The molecule has 6 heteroatoms. The molecule has 3 aromatic rings. The van der Waals surface area contributed by atoms with Gasteiger partial charge in [0.15, 0.2) is 0 Å². The number of phenolic OH excluding ortho intramolecular Hbond substituents is 1. The average Bonchev–Trinajstić information content (AvgIpc) is 2.69. The van der Waals surface area contributed by atoms with Gasteiger partial charge in [-0.3, -0.25) is 25.4 Å². The Morgan fingerprint density at radius 1 is 0.885 bits per heavy atom. The highest BCUT2D eigenvalue weighted by Gasteiger charge is 2.14. The molecular weight excluding hydrogens is 330 g/mol. The van der Waals surface area contributed by atoms with Gasteiger partial charge in [0.05, 0.1) is 11.1 Å². The molecule has 0 aliphatic carbocycles. The van der Waals surface area contributed by atoms with Gasteiger partial charge in [0.1, 0.15) is 5.75 Å². The zero-order valence-corrected chi connectivity index (χ0v) is 13.8. The van der Waals surface area contributed by atoms with E-state index in [1.165, 1.54) is 12.3 Å². The predicted molar refractivity (Wildman–Crippen MR) is 96.5 cm³/mol. The van der Waals surface area contributed by atoms with Gasteiger partial charge in [0.25, 0.3) is 11.8 Å². The fourth-order valence-corrected chi connectivity index (χ4v) is 2.46. The van der Waals surface area contributed by atoms with Gasteiger partial charge in [0.2, 0.25) is 0 Å². The first-order valence-corrected chi connectivity index (χ1v) is 8.00. The van der Waals surface area contributed by atoms with E-state index in [9.17, 15) is 14.7 Å². The van der Waals surface area contributed by atoms with Crippen molar-refractivity contribution in [3.05, 3.63) is 95.3 Å². The Balaban J connectivity index is 1.68. The molecule has 1 heterocycles. The van der Waals surface area contributed by atoms with Gasteiger partial charge in [-0.1, -0.05) is 36.4 Å². The minimum atomic E-state index is -0.602. The topological polar surface area (TPSA) is 91.3 Å². The van der Waals surface area contributed by atoms with Crippen LogP contribution in [0.25, 0.3) is 0 Å². The average molecular weight is 347 g/mol. The number of aromatic hydroxyl groups is 1. The number of phenols is 1. The fraction of sp³-hybridized carbons (Fsp3) is 0.0500. The highest BCUT2D eigenvalue weighted by Crippen LogP contribution is 2.20. The molecular formula is C20H17N3O3. The van der Waals surface area contributed by atoms with Crippen LogP contribution >= 0.6 is 0 Å². The van der Waals surface area contributed by atoms with E-state index in [4.69, 9.17) is 0 Å². The van der Waals surface area contributed by atoms with E-state index in [2.05, 4.69) is 15.8 Å². The zero-order chi connectivity index (χ0) is 18.4. The van der Waals surface area contributed by atoms with Gasteiger partial charge in [-0.2, -0.15) is 0 Å². The summed E-state index contributed by atoms with van der Waals surface area (Å²) < 4.78 is 0. The summed E-state index contributed by atoms with van der Waals surface area (Å²) in [6.45, 7) is 0. The van der Waals surface area contributed by atoms with Crippen molar-refractivity contribution in [3.8, 4) is 5.75 Å². The van der Waals surface area contributed by atoms with Crippen LogP contribution in [0.2, 0.25) is 0 Å². The van der Waals surface area contributed by atoms with Gasteiger partial charge >= 0.3 is 0 Å². The smallest absolute Gasteiger partial charge is 0.273 e. The maximum absolute atomic E-state index is 12.3. The number of carbonyl (C=O) groups excluding carboxylic acids is 2. The summed E-state index contributed by atoms with van der Waals surface area (Å²) in [5, 5.41) is 9.97. The van der Waals surface area contributed by atoms with E-state index in [0.717, 1.165) is 11.1 Å². The molecule has 0 bridgehead atoms. The van der Waals surface area contributed by atoms with E-state index in [1.54, 1.807) is 30.5 Å². The lowest BCUT2D eigenvalue weighted by atomic mass is 10.0. The Kier molecular flexibility index (Phi) is 5.24. The van der Waals surface area contributed by atoms with Crippen molar-refractivity contribution in [1.82, 2.24) is 15.8 Å². The Hall–Kier alpha value is -3.67. The van der Waals surface area contributed by atoms with Crippen molar-refractivity contribution < 1.29 is 14.7 Å². The molecule has 26 heavy (non-hydrogen) atoms. The molecule has 0 aliphatic heterocycles. The lowest BCUT2D eigenvalue weighted by molar-refractivity contribution is 0.0844. The number of pyridine rings is 1. The highest BCUT2D eigenvalue weighted by molar-refractivity contribution is 6.00. The molecule has 3 rings (SSSR count). The van der Waals surface area contributed by atoms with Crippen LogP contribution in [0.3, 0.4) is 0 Å². The summed E-state index contributed by atoms with van der Waals surface area (Å²) >= 11 is 0. The first kappa shape index (κ1) is 17.2. The number of hydrazine groups is 1. The largest absolute Gasteiger partial charge is 0.507 e. The van der Waals surface area contributed by atoms with Crippen molar-refractivity contribution in [1.29, 1.82) is 0 Å². The second kappa shape index (κ2) is 7.94. The number of carbonyl (C=O) groups is 2. The van der Waals surface area contributed by atoms with E-state index in [1.807, 2.05) is 30.3 Å². The summed E-state index contributed by atoms with van der Waals surface area (Å²) in [6, 6.07) is 17.8. The van der Waals surface area contributed by atoms with Crippen LogP contribution in [0.4, 0.5) is 0 Å². The van der Waals surface area contributed by atoms with Gasteiger partial charge in [-0.25, -0.2) is 0 Å². The minimum absolute atomic E-state index is 0.0879. The van der Waals surface area contributed by atoms with E-state index in [0.29, 0.717) is 12.0 Å². The van der Waals surface area contributed by atoms with Crippen molar-refractivity contribution >= 4 is 11.8 Å². The molecule has 0 unspecified atom stereocenters. The Morgan fingerprint density at radius 3 is 2.38 bits per heavy atom. The Labute approximate surface area is 150 Å². The number of rotatable bonds is 4. The number of hydrogen-bond acceptors (Lipinski definition) is 4. The lowest BCUT2D eigenvalue weighted by Crippen LogP contribution is -2.41. The number of nitrogens with zero attached hydrogens (tertiary/aromatic N) is 1. The van der Waals surface area contributed by atoms with Gasteiger partial charge in [-0.15, -0.1) is 0 Å². The third kappa shape index (κ3) is 4.24. The molecule has 0 saturated heterocycles. The highest BCUT2D eigenvalue weighted by atomic mass is 16.3. The van der Waals surface area contributed by atoms with Gasteiger partial charge in [-0.05, 0) is 41.8 Å². The molecule has 2 amide bonds. The van der Waals surface area contributed by atoms with E-state index < -0.39 is 11.8 Å². The number of nitrogens with one attached hydrogen (secondary N) is 2. The fourth-order valence-electron chi connectivity index (χ4n) is 2.46. The standard InChI is InChI=1S/C20H17N3O3/c24-18-9-8-15(11-14-5-2-1-3-6-14)12-17(18)20(26)23-22-19(25)16-7-4-10-21-13-16/h1-10,12-13,24H,11H2,(H,22,25)(H,23,26). The zero-order valence-electron chi connectivity index (χ0n) is 13.8. The second-order valence-corrected chi connectivity index (χ2v) is 5.66. The summed E-state index contributed by atoms with van der Waals surface area (Å²) in [4.78, 5) is 28.1. The lowest BCUT2D eigenvalue weighted by Gasteiger charge is -2.10. The second-order valence-electron chi connectivity index (χ2n) is 5.66. The maximum Gasteiger partial charge on any atom is 0.273 e. The Morgan fingerprint density at radius 2 is 1.65 bits per heavy atom. The van der Waals surface area contributed by atoms with Gasteiger partial charge < -0.3 is 5.11 Å². The maximum atomic E-state index is 12.3. The van der Waals surface area contributed by atoms with Gasteiger partial charge in [0, 0.05) is 12.4 Å². The van der Waals surface area contributed by atoms with Crippen molar-refractivity contribution in [2.24, 2.45) is 0 Å². The van der Waals surface area contributed by atoms with Crippen molar-refractivity contribution in [2.45, 2.75) is 6.42 Å². The number of amides is 2. The molecule has 0 spiro atoms. The van der Waals surface area contributed by atoms with E-state index in [-0.39, 0.29) is 11.3 Å². The quantitative estimate of drug-likeness (QED) is 0.632. The van der Waals surface area contributed by atoms with Crippen molar-refractivity contribution in [2.75, 3.05) is 0 Å². The normalized spacial score (nSPS) is 10.2. The summed E-state index contributed by atoms with van der Waals surface area (Å²) in [5.41, 5.74) is 6.97. The van der Waals surface area contributed by atoms with Crippen LogP contribution in [-0.2, 0) is 6.42 Å². The summed E-state index contributed by atoms with van der Waals surface area (Å²) in [6.07, 6.45) is 3.56. The number of benzene rings is 2. The number of aromatic nitrogens is 1. The first-order chi connectivity index (χ1) is 12.6. The van der Waals surface area contributed by atoms with Crippen LogP contribution in [0.15, 0.2) is 73.1 Å². The minimum Gasteiger partial charge on any atom is -0.507 e. The molecule has 0 atom stereocenters. The SMILES string of the molecule is O=C(NNC(=O)c1cc(Cc2ccccc2)ccc1O)c1cccnc1. The molecule has 130 valence electrons. The number of hydrogen-bond donors (Lipinski definition) is 3. The third-order valence-electron chi connectivity index (χ3n) is 3.77. The van der Waals surface area contributed by atoms with Crippen LogP contribution < -0.4 is 10.9 Å². The van der Waals surface area contributed by atoms with Crippen LogP contribution in [0, 0.1) is 0 Å². The molecule has 0 saturated carbocycles. The molecule has 0 aliphatic rings. The van der Waals surface area contributed by atoms with E-state index >= 15 is 0 Å². The Bertz CT molecular complexity index is 912. The molecule has 2 aromatic carbocycles. The first-order valence-electron chi connectivity index (χ1n) is 8.00. The summed E-state index contributed by atoms with van der Waals surface area (Å²) in [7, 11) is 0.